The van der Waals surface area contributed by atoms with Crippen molar-refractivity contribution in [3.8, 4) is 11.5 Å². The van der Waals surface area contributed by atoms with Crippen LogP contribution in [0.25, 0.3) is 0 Å². The predicted molar refractivity (Wildman–Crippen MR) is 69.3 cm³/mol. The van der Waals surface area contributed by atoms with E-state index in [1.54, 1.807) is 26.2 Å². The van der Waals surface area contributed by atoms with Crippen molar-refractivity contribution < 1.29 is 14.1 Å². The minimum atomic E-state index is 0.202. The molecule has 0 atom stereocenters. The summed E-state index contributed by atoms with van der Waals surface area (Å²) in [7, 11) is 1.54. The van der Waals surface area contributed by atoms with Gasteiger partial charge in [0.25, 0.3) is 0 Å². The summed E-state index contributed by atoms with van der Waals surface area (Å²) in [5.74, 6) is 0.978. The average molecular weight is 284 g/mol. The van der Waals surface area contributed by atoms with Crippen molar-refractivity contribution in [2.75, 3.05) is 7.11 Å². The third-order valence-electron chi connectivity index (χ3n) is 2.62. The molecule has 0 amide bonds. The number of nitrogens with zero attached hydrogens (tertiary/aromatic N) is 2. The van der Waals surface area contributed by atoms with E-state index in [0.29, 0.717) is 34.5 Å². The van der Waals surface area contributed by atoms with Gasteiger partial charge in [-0.25, -0.2) is 4.63 Å². The second-order valence-electron chi connectivity index (χ2n) is 3.90. The number of benzene rings is 1. The maximum atomic E-state index is 6.15. The molecular weight excluding hydrogens is 270 g/mol. The first-order valence-electron chi connectivity index (χ1n) is 5.63. The lowest BCUT2D eigenvalue weighted by Gasteiger charge is -2.13. The zero-order valence-electron chi connectivity index (χ0n) is 10.6. The fraction of sp³-hybridized carbons (Fsp3) is 0.333. The van der Waals surface area contributed by atoms with Gasteiger partial charge in [-0.1, -0.05) is 21.9 Å². The highest BCUT2D eigenvalue weighted by atomic mass is 35.5. The van der Waals surface area contributed by atoms with E-state index < -0.39 is 0 Å². The Bertz CT molecular complexity index is 571. The molecule has 0 unspecified atom stereocenters. The summed E-state index contributed by atoms with van der Waals surface area (Å²) in [6.07, 6.45) is 0. The van der Waals surface area contributed by atoms with Gasteiger partial charge in [-0.05, 0) is 24.6 Å². The van der Waals surface area contributed by atoms with Crippen LogP contribution in [-0.4, -0.2) is 17.4 Å². The number of rotatable bonds is 5. The quantitative estimate of drug-likeness (QED) is 0.904. The summed E-state index contributed by atoms with van der Waals surface area (Å²) in [5, 5.41) is 7.85. The molecule has 1 heterocycles. The molecule has 0 fully saturated rings. The number of hydrogen-bond acceptors (Lipinski definition) is 6. The summed E-state index contributed by atoms with van der Waals surface area (Å²) in [6, 6.07) is 3.53. The molecular formula is C12H14ClN3O3. The van der Waals surface area contributed by atoms with Gasteiger partial charge >= 0.3 is 0 Å². The molecule has 19 heavy (non-hydrogen) atoms. The normalized spacial score (nSPS) is 10.5. The molecule has 7 heteroatoms. The van der Waals surface area contributed by atoms with Gasteiger partial charge in [-0.2, -0.15) is 0 Å². The number of hydrogen-bond donors (Lipinski definition) is 1. The summed E-state index contributed by atoms with van der Waals surface area (Å²) < 4.78 is 15.5. The highest BCUT2D eigenvalue weighted by Crippen LogP contribution is 2.36. The van der Waals surface area contributed by atoms with Crippen LogP contribution in [0, 0.1) is 6.92 Å². The molecule has 0 saturated carbocycles. The van der Waals surface area contributed by atoms with Crippen LogP contribution in [0.2, 0.25) is 5.02 Å². The smallest absolute Gasteiger partial charge is 0.180 e. The second kappa shape index (κ2) is 5.90. The van der Waals surface area contributed by atoms with Gasteiger partial charge in [0.05, 0.1) is 12.1 Å². The summed E-state index contributed by atoms with van der Waals surface area (Å²) >= 11 is 6.15. The van der Waals surface area contributed by atoms with Crippen molar-refractivity contribution in [2.24, 2.45) is 5.73 Å². The predicted octanol–water partition coefficient (Wildman–Crippen LogP) is 2.08. The van der Waals surface area contributed by atoms with Crippen LogP contribution in [-0.2, 0) is 13.2 Å². The largest absolute Gasteiger partial charge is 0.493 e. The van der Waals surface area contributed by atoms with Crippen molar-refractivity contribution in [1.82, 2.24) is 10.3 Å². The first-order valence-corrected chi connectivity index (χ1v) is 6.00. The van der Waals surface area contributed by atoms with Crippen LogP contribution in [0.4, 0.5) is 0 Å². The van der Waals surface area contributed by atoms with Gasteiger partial charge in [0.15, 0.2) is 11.5 Å². The molecule has 6 nitrogen and oxygen atoms in total. The molecule has 2 N–H and O–H groups in total. The molecule has 1 aromatic carbocycles. The molecule has 2 aromatic rings. The molecule has 0 saturated heterocycles. The monoisotopic (exact) mass is 283 g/mol. The number of aryl methyl sites for hydroxylation is 1. The van der Waals surface area contributed by atoms with Gasteiger partial charge in [0.1, 0.15) is 18.0 Å². The third kappa shape index (κ3) is 2.97. The Balaban J connectivity index is 2.22. The first-order chi connectivity index (χ1) is 9.15. The van der Waals surface area contributed by atoms with Crippen molar-refractivity contribution in [2.45, 2.75) is 20.1 Å². The minimum absolute atomic E-state index is 0.202. The van der Waals surface area contributed by atoms with Crippen molar-refractivity contribution >= 4 is 11.6 Å². The lowest BCUT2D eigenvalue weighted by atomic mass is 10.2. The fourth-order valence-corrected chi connectivity index (χ4v) is 1.84. The Morgan fingerprint density at radius 2 is 2.16 bits per heavy atom. The number of ether oxygens (including phenoxy) is 2. The molecule has 2 rings (SSSR count). The van der Waals surface area contributed by atoms with Crippen LogP contribution in [0.5, 0.6) is 11.5 Å². The standard InChI is InChI=1S/C12H14ClN3O3/c1-7-10(16-19-15-7)6-18-12-9(13)3-8(5-14)4-11(12)17-2/h3-4H,5-6,14H2,1-2H3. The molecule has 1 aromatic heterocycles. The highest BCUT2D eigenvalue weighted by molar-refractivity contribution is 6.32. The SMILES string of the molecule is COc1cc(CN)cc(Cl)c1OCc1nonc1C. The number of nitrogens with two attached hydrogens (primary N) is 1. The summed E-state index contributed by atoms with van der Waals surface area (Å²) in [6.45, 7) is 2.36. The van der Waals surface area contributed by atoms with Gasteiger partial charge in [-0.15, -0.1) is 0 Å². The van der Waals surface area contributed by atoms with Crippen LogP contribution in [0.3, 0.4) is 0 Å². The van der Waals surface area contributed by atoms with Gasteiger partial charge in [0, 0.05) is 6.54 Å². The van der Waals surface area contributed by atoms with Crippen LogP contribution < -0.4 is 15.2 Å². The molecule has 0 aliphatic carbocycles. The Kier molecular flexibility index (Phi) is 4.24. The Hall–Kier alpha value is -1.79. The molecule has 0 spiro atoms. The van der Waals surface area contributed by atoms with E-state index in [0.717, 1.165) is 5.56 Å². The third-order valence-corrected chi connectivity index (χ3v) is 2.91. The minimum Gasteiger partial charge on any atom is -0.493 e. The van der Waals surface area contributed by atoms with E-state index in [9.17, 15) is 0 Å². The lowest BCUT2D eigenvalue weighted by molar-refractivity contribution is 0.260. The van der Waals surface area contributed by atoms with Gasteiger partial charge < -0.3 is 15.2 Å². The maximum absolute atomic E-state index is 6.15. The zero-order valence-corrected chi connectivity index (χ0v) is 11.4. The van der Waals surface area contributed by atoms with E-state index in [2.05, 4.69) is 14.9 Å². The van der Waals surface area contributed by atoms with E-state index in [4.69, 9.17) is 26.8 Å². The maximum Gasteiger partial charge on any atom is 0.180 e. The van der Waals surface area contributed by atoms with Crippen LogP contribution in [0.1, 0.15) is 17.0 Å². The Morgan fingerprint density at radius 3 is 2.74 bits per heavy atom. The van der Waals surface area contributed by atoms with Gasteiger partial charge in [0.2, 0.25) is 0 Å². The number of aromatic nitrogens is 2. The van der Waals surface area contributed by atoms with E-state index in [-0.39, 0.29) is 6.61 Å². The Morgan fingerprint density at radius 1 is 1.37 bits per heavy atom. The second-order valence-corrected chi connectivity index (χ2v) is 4.31. The Labute approximate surface area is 115 Å². The van der Waals surface area contributed by atoms with Crippen molar-refractivity contribution in [1.29, 1.82) is 0 Å². The van der Waals surface area contributed by atoms with E-state index in [1.165, 1.54) is 0 Å². The molecule has 0 radical (unpaired) electrons. The van der Waals surface area contributed by atoms with Crippen LogP contribution in [0.15, 0.2) is 16.8 Å². The van der Waals surface area contributed by atoms with Gasteiger partial charge in [-0.3, -0.25) is 0 Å². The van der Waals surface area contributed by atoms with Crippen molar-refractivity contribution in [3.63, 3.8) is 0 Å². The van der Waals surface area contributed by atoms with E-state index in [1.807, 2.05) is 0 Å². The number of methoxy groups -OCH3 is 1. The summed E-state index contributed by atoms with van der Waals surface area (Å²) in [5.41, 5.74) is 7.73. The topological polar surface area (TPSA) is 83.4 Å². The zero-order chi connectivity index (χ0) is 13.8. The summed E-state index contributed by atoms with van der Waals surface area (Å²) in [4.78, 5) is 0. The fourth-order valence-electron chi connectivity index (χ4n) is 1.55. The average Bonchev–Trinajstić information content (AvgIpc) is 2.82. The van der Waals surface area contributed by atoms with Crippen molar-refractivity contribution in [3.05, 3.63) is 34.1 Å². The van der Waals surface area contributed by atoms with E-state index >= 15 is 0 Å². The highest BCUT2D eigenvalue weighted by Gasteiger charge is 2.14. The first kappa shape index (κ1) is 13.6. The number of halogens is 1. The molecule has 102 valence electrons. The molecule has 0 aliphatic heterocycles. The molecule has 0 bridgehead atoms. The molecule has 0 aliphatic rings. The lowest BCUT2D eigenvalue weighted by Crippen LogP contribution is -2.02. The van der Waals surface area contributed by atoms with Crippen LogP contribution >= 0.6 is 11.6 Å².